The van der Waals surface area contributed by atoms with E-state index in [1.54, 1.807) is 11.4 Å². The van der Waals surface area contributed by atoms with Crippen molar-refractivity contribution in [3.8, 4) is 5.75 Å². The standard InChI is InChI=1S/C18H20N2O6S/c1-11-5-4-6-14(12(11)2)25-9-17(23)26-8-15(21)20-18-19-13(10-27-18)7-16(22)24-3/h4-6,10H,7-9H2,1-3H3,(H,19,20,21). The monoisotopic (exact) mass is 392 g/mol. The molecule has 9 heteroatoms. The summed E-state index contributed by atoms with van der Waals surface area (Å²) in [5, 5.41) is 4.44. The summed E-state index contributed by atoms with van der Waals surface area (Å²) in [6, 6.07) is 5.54. The highest BCUT2D eigenvalue weighted by Gasteiger charge is 2.13. The molecule has 144 valence electrons. The van der Waals surface area contributed by atoms with Crippen LogP contribution in [0.15, 0.2) is 23.6 Å². The second-order valence-electron chi connectivity index (χ2n) is 5.59. The molecule has 1 aromatic carbocycles. The topological polar surface area (TPSA) is 104 Å². The summed E-state index contributed by atoms with van der Waals surface area (Å²) in [4.78, 5) is 38.8. The summed E-state index contributed by atoms with van der Waals surface area (Å²) in [5.74, 6) is -1.01. The second kappa shape index (κ2) is 9.67. The number of methoxy groups -OCH3 is 1. The Morgan fingerprint density at radius 2 is 1.93 bits per heavy atom. The first-order chi connectivity index (χ1) is 12.9. The van der Waals surface area contributed by atoms with Crippen molar-refractivity contribution < 1.29 is 28.6 Å². The van der Waals surface area contributed by atoms with E-state index < -0.39 is 24.5 Å². The Kier molecular flexibility index (Phi) is 7.30. The zero-order valence-electron chi connectivity index (χ0n) is 15.2. The summed E-state index contributed by atoms with van der Waals surface area (Å²) in [5.41, 5.74) is 2.48. The van der Waals surface area contributed by atoms with E-state index in [-0.39, 0.29) is 13.0 Å². The van der Waals surface area contributed by atoms with Crippen LogP contribution in [0.25, 0.3) is 0 Å². The van der Waals surface area contributed by atoms with E-state index in [0.29, 0.717) is 16.6 Å². The predicted octanol–water partition coefficient (Wildman–Crippen LogP) is 2.04. The Labute approximate surface area is 160 Å². The number of thiazole rings is 1. The van der Waals surface area contributed by atoms with Crippen molar-refractivity contribution in [2.75, 3.05) is 25.6 Å². The molecule has 0 atom stereocenters. The number of anilines is 1. The largest absolute Gasteiger partial charge is 0.482 e. The van der Waals surface area contributed by atoms with E-state index in [2.05, 4.69) is 15.0 Å². The maximum atomic E-state index is 11.8. The van der Waals surface area contributed by atoms with E-state index in [1.165, 1.54) is 7.11 Å². The number of amides is 1. The molecule has 2 aromatic rings. The summed E-state index contributed by atoms with van der Waals surface area (Å²) >= 11 is 1.16. The third kappa shape index (κ3) is 6.37. The van der Waals surface area contributed by atoms with Gasteiger partial charge in [-0.25, -0.2) is 9.78 Å². The third-order valence-electron chi connectivity index (χ3n) is 3.62. The van der Waals surface area contributed by atoms with Crippen molar-refractivity contribution in [3.63, 3.8) is 0 Å². The molecular weight excluding hydrogens is 372 g/mol. The van der Waals surface area contributed by atoms with Crippen LogP contribution in [0.4, 0.5) is 5.13 Å². The van der Waals surface area contributed by atoms with Gasteiger partial charge in [0.25, 0.3) is 5.91 Å². The van der Waals surface area contributed by atoms with Gasteiger partial charge in [-0.2, -0.15) is 0 Å². The van der Waals surface area contributed by atoms with Gasteiger partial charge in [0.15, 0.2) is 18.3 Å². The van der Waals surface area contributed by atoms with Crippen molar-refractivity contribution in [3.05, 3.63) is 40.4 Å². The minimum Gasteiger partial charge on any atom is -0.482 e. The number of carbonyl (C=O) groups is 3. The van der Waals surface area contributed by atoms with Crippen LogP contribution in [0.3, 0.4) is 0 Å². The number of ether oxygens (including phenoxy) is 3. The molecule has 0 fully saturated rings. The fourth-order valence-electron chi connectivity index (χ4n) is 2.03. The van der Waals surface area contributed by atoms with E-state index >= 15 is 0 Å². The lowest BCUT2D eigenvalue weighted by atomic mass is 10.1. The van der Waals surface area contributed by atoms with Gasteiger partial charge >= 0.3 is 11.9 Å². The zero-order valence-corrected chi connectivity index (χ0v) is 16.1. The van der Waals surface area contributed by atoms with E-state index in [1.807, 2.05) is 26.0 Å². The number of aromatic nitrogens is 1. The molecule has 27 heavy (non-hydrogen) atoms. The lowest BCUT2D eigenvalue weighted by Gasteiger charge is -2.10. The van der Waals surface area contributed by atoms with Gasteiger partial charge in [-0.3, -0.25) is 14.9 Å². The lowest BCUT2D eigenvalue weighted by Crippen LogP contribution is -2.23. The molecule has 0 bridgehead atoms. The minimum atomic E-state index is -0.656. The summed E-state index contributed by atoms with van der Waals surface area (Å²) in [6.07, 6.45) is 0.0214. The van der Waals surface area contributed by atoms with E-state index in [0.717, 1.165) is 22.5 Å². The quantitative estimate of drug-likeness (QED) is 0.686. The first kappa shape index (κ1) is 20.4. The average molecular weight is 392 g/mol. The Bertz CT molecular complexity index is 833. The van der Waals surface area contributed by atoms with Crippen molar-refractivity contribution in [2.24, 2.45) is 0 Å². The maximum absolute atomic E-state index is 11.8. The molecule has 1 amide bonds. The summed E-state index contributed by atoms with van der Waals surface area (Å²) in [7, 11) is 1.29. The number of nitrogens with zero attached hydrogens (tertiary/aromatic N) is 1. The molecule has 1 N–H and O–H groups in total. The van der Waals surface area contributed by atoms with Gasteiger partial charge in [0.1, 0.15) is 5.75 Å². The SMILES string of the molecule is COC(=O)Cc1csc(NC(=O)COC(=O)COc2cccc(C)c2C)n1. The van der Waals surface area contributed by atoms with Crippen LogP contribution in [0, 0.1) is 13.8 Å². The molecule has 0 aliphatic carbocycles. The molecule has 1 aromatic heterocycles. The smallest absolute Gasteiger partial charge is 0.344 e. The van der Waals surface area contributed by atoms with Gasteiger partial charge in [0.2, 0.25) is 0 Å². The fraction of sp³-hybridized carbons (Fsp3) is 0.333. The molecule has 0 unspecified atom stereocenters. The molecule has 8 nitrogen and oxygen atoms in total. The summed E-state index contributed by atoms with van der Waals surface area (Å²) in [6.45, 7) is 3.09. The third-order valence-corrected chi connectivity index (χ3v) is 4.42. The van der Waals surface area contributed by atoms with Crippen molar-refractivity contribution >= 4 is 34.3 Å². The second-order valence-corrected chi connectivity index (χ2v) is 6.45. The fourth-order valence-corrected chi connectivity index (χ4v) is 2.75. The zero-order chi connectivity index (χ0) is 19.8. The highest BCUT2D eigenvalue weighted by Crippen LogP contribution is 2.20. The highest BCUT2D eigenvalue weighted by atomic mass is 32.1. The normalized spacial score (nSPS) is 10.2. The number of carbonyl (C=O) groups excluding carboxylic acids is 3. The van der Waals surface area contributed by atoms with Crippen LogP contribution in [-0.4, -0.2) is 43.2 Å². The molecule has 0 radical (unpaired) electrons. The van der Waals surface area contributed by atoms with Gasteiger partial charge in [-0.1, -0.05) is 12.1 Å². The first-order valence-corrected chi connectivity index (χ1v) is 8.92. The Morgan fingerprint density at radius 1 is 1.15 bits per heavy atom. The van der Waals surface area contributed by atoms with Crippen molar-refractivity contribution in [1.82, 2.24) is 4.98 Å². The highest BCUT2D eigenvalue weighted by molar-refractivity contribution is 7.13. The average Bonchev–Trinajstić information content (AvgIpc) is 3.07. The van der Waals surface area contributed by atoms with E-state index in [9.17, 15) is 14.4 Å². The van der Waals surface area contributed by atoms with Crippen molar-refractivity contribution in [2.45, 2.75) is 20.3 Å². The summed E-state index contributed by atoms with van der Waals surface area (Å²) < 4.78 is 14.9. The van der Waals surface area contributed by atoms with Gasteiger partial charge in [0.05, 0.1) is 19.2 Å². The van der Waals surface area contributed by atoms with Crippen LogP contribution in [0.5, 0.6) is 5.75 Å². The Hall–Kier alpha value is -2.94. The molecular formula is C18H20N2O6S. The first-order valence-electron chi connectivity index (χ1n) is 8.04. The maximum Gasteiger partial charge on any atom is 0.344 e. The molecule has 0 spiro atoms. The van der Waals surface area contributed by atoms with Gasteiger partial charge < -0.3 is 14.2 Å². The molecule has 2 rings (SSSR count). The van der Waals surface area contributed by atoms with Crippen LogP contribution < -0.4 is 10.1 Å². The predicted molar refractivity (Wildman–Crippen MR) is 98.8 cm³/mol. The molecule has 0 aliphatic heterocycles. The number of rotatable bonds is 8. The number of hydrogen-bond acceptors (Lipinski definition) is 8. The van der Waals surface area contributed by atoms with Gasteiger partial charge in [-0.15, -0.1) is 11.3 Å². The Morgan fingerprint density at radius 3 is 2.67 bits per heavy atom. The van der Waals surface area contributed by atoms with Gasteiger partial charge in [0, 0.05) is 5.38 Å². The number of nitrogens with one attached hydrogen (secondary N) is 1. The number of aryl methyl sites for hydroxylation is 1. The molecule has 0 saturated carbocycles. The van der Waals surface area contributed by atoms with Crippen LogP contribution in [0.1, 0.15) is 16.8 Å². The van der Waals surface area contributed by atoms with E-state index in [4.69, 9.17) is 9.47 Å². The van der Waals surface area contributed by atoms with Gasteiger partial charge in [-0.05, 0) is 31.0 Å². The van der Waals surface area contributed by atoms with Crippen LogP contribution >= 0.6 is 11.3 Å². The number of benzene rings is 1. The van der Waals surface area contributed by atoms with Crippen LogP contribution in [0.2, 0.25) is 0 Å². The molecule has 0 aliphatic rings. The number of hydrogen-bond donors (Lipinski definition) is 1. The lowest BCUT2D eigenvalue weighted by molar-refractivity contribution is -0.149. The molecule has 1 heterocycles. The van der Waals surface area contributed by atoms with Crippen molar-refractivity contribution in [1.29, 1.82) is 0 Å². The minimum absolute atomic E-state index is 0.0214. The Balaban J connectivity index is 1.74. The van der Waals surface area contributed by atoms with Crippen LogP contribution in [-0.2, 0) is 30.3 Å². The molecule has 0 saturated heterocycles. The number of esters is 2.